The highest BCUT2D eigenvalue weighted by Gasteiger charge is 2.29. The molecule has 7 heteroatoms. The van der Waals surface area contributed by atoms with Gasteiger partial charge in [0.2, 0.25) is 11.6 Å². The molecule has 4 rings (SSSR count). The van der Waals surface area contributed by atoms with Gasteiger partial charge in [0, 0.05) is 24.9 Å². The molecule has 2 aliphatic rings. The summed E-state index contributed by atoms with van der Waals surface area (Å²) in [5.41, 5.74) is 2.54. The van der Waals surface area contributed by atoms with Gasteiger partial charge in [0.1, 0.15) is 18.3 Å². The maximum atomic E-state index is 12.6. The van der Waals surface area contributed by atoms with Crippen LogP contribution in [0.25, 0.3) is 0 Å². The number of benzene rings is 1. The summed E-state index contributed by atoms with van der Waals surface area (Å²) in [6.45, 7) is 0.480. The Morgan fingerprint density at radius 1 is 1.14 bits per heavy atom. The average molecular weight is 378 g/mol. The molecule has 0 saturated heterocycles. The Balaban J connectivity index is 1.27. The van der Waals surface area contributed by atoms with Gasteiger partial charge in [-0.25, -0.2) is 9.97 Å². The van der Waals surface area contributed by atoms with E-state index < -0.39 is 6.10 Å². The Kier molecular flexibility index (Phi) is 5.49. The number of nitrogens with zero attached hydrogens (tertiary/aromatic N) is 3. The second-order valence-corrected chi connectivity index (χ2v) is 7.19. The first-order valence-corrected chi connectivity index (χ1v) is 9.59. The maximum absolute atomic E-state index is 12.6. The van der Waals surface area contributed by atoms with E-state index >= 15 is 0 Å². The van der Waals surface area contributed by atoms with E-state index in [0.29, 0.717) is 13.0 Å². The summed E-state index contributed by atoms with van der Waals surface area (Å²) in [6.07, 6.45) is 6.39. The summed E-state index contributed by atoms with van der Waals surface area (Å²) in [5, 5.41) is 12.2. The molecule has 2 heterocycles. The van der Waals surface area contributed by atoms with Crippen LogP contribution in [-0.2, 0) is 22.6 Å². The molecule has 1 amide bonds. The number of nitriles is 1. The van der Waals surface area contributed by atoms with Gasteiger partial charge in [-0.05, 0) is 36.8 Å². The van der Waals surface area contributed by atoms with Gasteiger partial charge in [-0.3, -0.25) is 4.79 Å². The molecule has 1 aromatic carbocycles. The van der Waals surface area contributed by atoms with Gasteiger partial charge in [0.05, 0.1) is 6.61 Å². The lowest BCUT2D eigenvalue weighted by Gasteiger charge is -2.31. The number of rotatable bonds is 4. The van der Waals surface area contributed by atoms with Gasteiger partial charge in [-0.2, -0.15) is 5.26 Å². The largest absolute Gasteiger partial charge is 0.472 e. The van der Waals surface area contributed by atoms with Crippen molar-refractivity contribution in [1.82, 2.24) is 15.3 Å². The molecule has 1 aromatic heterocycles. The molecule has 28 heavy (non-hydrogen) atoms. The van der Waals surface area contributed by atoms with Crippen LogP contribution in [-0.4, -0.2) is 34.1 Å². The first-order valence-electron chi connectivity index (χ1n) is 9.59. The lowest BCUT2D eigenvalue weighted by Crippen LogP contribution is -2.46. The minimum atomic E-state index is -0.429. The second kappa shape index (κ2) is 8.36. The molecule has 0 bridgehead atoms. The molecule has 1 atom stereocenters. The van der Waals surface area contributed by atoms with Crippen LogP contribution < -0.4 is 10.1 Å². The summed E-state index contributed by atoms with van der Waals surface area (Å²) in [4.78, 5) is 20.7. The Bertz CT molecular complexity index is 887. The quantitative estimate of drug-likeness (QED) is 0.877. The molecular weight excluding hydrogens is 356 g/mol. The summed E-state index contributed by atoms with van der Waals surface area (Å²) in [6, 6.07) is 10.2. The molecule has 1 N–H and O–H groups in total. The van der Waals surface area contributed by atoms with Crippen molar-refractivity contribution >= 4 is 5.91 Å². The van der Waals surface area contributed by atoms with Gasteiger partial charge in [0.25, 0.3) is 5.88 Å². The van der Waals surface area contributed by atoms with Crippen LogP contribution in [0.5, 0.6) is 5.88 Å². The van der Waals surface area contributed by atoms with E-state index in [4.69, 9.17) is 14.7 Å². The van der Waals surface area contributed by atoms with Gasteiger partial charge >= 0.3 is 0 Å². The molecule has 1 aliphatic heterocycles. The van der Waals surface area contributed by atoms with E-state index in [9.17, 15) is 4.79 Å². The van der Waals surface area contributed by atoms with Crippen molar-refractivity contribution in [2.45, 2.75) is 57.0 Å². The van der Waals surface area contributed by atoms with Crippen molar-refractivity contribution in [2.75, 3.05) is 0 Å². The van der Waals surface area contributed by atoms with E-state index in [-0.39, 0.29) is 29.6 Å². The summed E-state index contributed by atoms with van der Waals surface area (Å²) >= 11 is 0. The zero-order chi connectivity index (χ0) is 19.3. The second-order valence-electron chi connectivity index (χ2n) is 7.19. The predicted octanol–water partition coefficient (Wildman–Crippen LogP) is 2.30. The van der Waals surface area contributed by atoms with E-state index in [1.807, 2.05) is 24.3 Å². The fraction of sp³-hybridized carbons (Fsp3) is 0.429. The third-order valence-electron chi connectivity index (χ3n) is 5.33. The molecule has 144 valence electrons. The monoisotopic (exact) mass is 378 g/mol. The van der Waals surface area contributed by atoms with Crippen molar-refractivity contribution in [2.24, 2.45) is 0 Å². The van der Waals surface area contributed by atoms with Crippen LogP contribution in [0.15, 0.2) is 36.7 Å². The third kappa shape index (κ3) is 4.12. The molecule has 7 nitrogen and oxygen atoms in total. The van der Waals surface area contributed by atoms with Crippen molar-refractivity contribution in [3.8, 4) is 11.9 Å². The van der Waals surface area contributed by atoms with Gasteiger partial charge in [-0.1, -0.05) is 24.3 Å². The van der Waals surface area contributed by atoms with E-state index in [0.717, 1.165) is 31.2 Å². The minimum absolute atomic E-state index is 0.0187. The summed E-state index contributed by atoms with van der Waals surface area (Å²) < 4.78 is 11.6. The molecule has 1 aliphatic carbocycles. The third-order valence-corrected chi connectivity index (χ3v) is 5.33. The number of hydrogen-bond donors (Lipinski definition) is 1. The number of hydrogen-bond acceptors (Lipinski definition) is 6. The number of nitrogens with one attached hydrogen (secondary N) is 1. The number of fused-ring (bicyclic) bond motifs is 1. The van der Waals surface area contributed by atoms with Gasteiger partial charge in [0.15, 0.2) is 0 Å². The lowest BCUT2D eigenvalue weighted by molar-refractivity contribution is -0.135. The lowest BCUT2D eigenvalue weighted by atomic mass is 9.92. The van der Waals surface area contributed by atoms with Crippen LogP contribution in [0.2, 0.25) is 0 Å². The van der Waals surface area contributed by atoms with E-state index in [2.05, 4.69) is 21.4 Å². The first-order chi connectivity index (χ1) is 13.7. The number of carbonyl (C=O) groups is 1. The molecule has 0 radical (unpaired) electrons. The summed E-state index contributed by atoms with van der Waals surface area (Å²) in [7, 11) is 0. The highest BCUT2D eigenvalue weighted by molar-refractivity contribution is 5.81. The van der Waals surface area contributed by atoms with Crippen molar-refractivity contribution in [3.05, 3.63) is 53.5 Å². The Morgan fingerprint density at radius 2 is 1.89 bits per heavy atom. The van der Waals surface area contributed by atoms with Crippen LogP contribution in [0.4, 0.5) is 0 Å². The van der Waals surface area contributed by atoms with Gasteiger partial charge in [-0.15, -0.1) is 0 Å². The van der Waals surface area contributed by atoms with Crippen LogP contribution in [0, 0.1) is 11.3 Å². The number of aromatic nitrogens is 2. The number of ether oxygens (including phenoxy) is 2. The Labute approximate surface area is 163 Å². The minimum Gasteiger partial charge on any atom is -0.472 e. The van der Waals surface area contributed by atoms with E-state index in [1.54, 1.807) is 0 Å². The number of carbonyl (C=O) groups excluding carboxylic acids is 1. The molecule has 1 saturated carbocycles. The molecule has 2 aromatic rings. The zero-order valence-corrected chi connectivity index (χ0v) is 15.5. The molecule has 0 spiro atoms. The average Bonchev–Trinajstić information content (AvgIpc) is 2.75. The highest BCUT2D eigenvalue weighted by atomic mass is 16.5. The summed E-state index contributed by atoms with van der Waals surface area (Å²) in [5.74, 6) is 0.242. The molecule has 1 fully saturated rings. The number of amides is 1. The smallest absolute Gasteiger partial charge is 0.251 e. The fourth-order valence-electron chi connectivity index (χ4n) is 3.78. The maximum Gasteiger partial charge on any atom is 0.251 e. The van der Waals surface area contributed by atoms with Crippen molar-refractivity contribution in [1.29, 1.82) is 5.26 Å². The van der Waals surface area contributed by atoms with Crippen LogP contribution in [0.1, 0.15) is 42.5 Å². The normalized spacial score (nSPS) is 23.9. The molecular formula is C21H22N4O3. The Morgan fingerprint density at radius 3 is 2.68 bits per heavy atom. The van der Waals surface area contributed by atoms with Crippen LogP contribution >= 0.6 is 0 Å². The highest BCUT2D eigenvalue weighted by Crippen LogP contribution is 2.25. The van der Waals surface area contributed by atoms with Crippen molar-refractivity contribution < 1.29 is 14.3 Å². The predicted molar refractivity (Wildman–Crippen MR) is 100 cm³/mol. The zero-order valence-electron chi connectivity index (χ0n) is 15.5. The fourth-order valence-corrected chi connectivity index (χ4v) is 3.78. The van der Waals surface area contributed by atoms with Crippen molar-refractivity contribution in [3.63, 3.8) is 0 Å². The van der Waals surface area contributed by atoms with E-state index in [1.165, 1.54) is 18.0 Å². The topological polar surface area (TPSA) is 97.1 Å². The van der Waals surface area contributed by atoms with Crippen LogP contribution in [0.3, 0.4) is 0 Å². The standard InChI is InChI=1S/C21H22N4O3/c22-12-18-21(24-10-9-23-18)28-17-7-5-16(6-8-17)25-20(26)19-11-14-3-1-2-4-15(14)13-27-19/h1-4,9-10,16-17,19H,5-8,11,13H2,(H,25,26)/t16?,17?,19-/m1/s1. The Hall–Kier alpha value is -2.98. The van der Waals surface area contributed by atoms with Gasteiger partial charge < -0.3 is 14.8 Å². The SMILES string of the molecule is N#Cc1nccnc1OC1CCC(NC(=O)[C@H]2Cc3ccccc3CO2)CC1. The molecule has 0 unspecified atom stereocenters. The first kappa shape index (κ1) is 18.4.